The number of rotatable bonds is 2. The molecule has 0 rings (SSSR count). The Kier molecular flexibility index (Phi) is 12.8. The molecule has 0 fully saturated rings. The normalized spacial score (nSPS) is 15.7. The summed E-state index contributed by atoms with van der Waals surface area (Å²) in [5.41, 5.74) is 0. The van der Waals surface area contributed by atoms with Gasteiger partial charge in [0.1, 0.15) is 0 Å². The predicted octanol–water partition coefficient (Wildman–Crippen LogP) is 6.83. The first kappa shape index (κ1) is 28.2. The molecule has 0 aliphatic rings. The molecule has 0 saturated heterocycles. The number of hydrogen-bond acceptors (Lipinski definition) is 0. The van der Waals surface area contributed by atoms with Gasteiger partial charge in [0.15, 0.2) is 5.90 Å². The zero-order chi connectivity index (χ0) is 19.9. The topological polar surface area (TPSA) is 0 Å². The molecule has 0 aliphatic heterocycles. The first-order valence-corrected chi connectivity index (χ1v) is 11.4. The van der Waals surface area contributed by atoms with Crippen LogP contribution >= 0.6 is 15.8 Å². The zero-order valence-corrected chi connectivity index (χ0v) is 16.9. The summed E-state index contributed by atoms with van der Waals surface area (Å²) < 4.78 is 78.0. The van der Waals surface area contributed by atoms with E-state index in [9.17, 15) is 34.5 Å². The molecule has 0 radical (unpaired) electrons. The smallest absolute Gasteiger partial charge is 0.418 e. The van der Waals surface area contributed by atoms with Crippen LogP contribution in [0.3, 0.4) is 0 Å². The quantitative estimate of drug-likeness (QED) is 0.273. The van der Waals surface area contributed by atoms with E-state index in [0.717, 1.165) is 0 Å². The largest absolute Gasteiger partial charge is 0.673 e. The van der Waals surface area contributed by atoms with Crippen molar-refractivity contribution >= 4 is 30.4 Å². The Labute approximate surface area is 136 Å². The summed E-state index contributed by atoms with van der Waals surface area (Å²) in [6.07, 6.45) is 0. The number of halogens is 8. The van der Waals surface area contributed by atoms with Gasteiger partial charge in [0.25, 0.3) is 0 Å². The fourth-order valence-electron chi connectivity index (χ4n) is 0.928. The van der Waals surface area contributed by atoms with Crippen LogP contribution in [0, 0.1) is 0 Å². The van der Waals surface area contributed by atoms with Gasteiger partial charge in [0.05, 0.1) is 23.6 Å². The third kappa shape index (κ3) is 34.7. The van der Waals surface area contributed by atoms with E-state index in [1.165, 1.54) is 0 Å². The van der Waals surface area contributed by atoms with Gasteiger partial charge in [-0.1, -0.05) is 0 Å². The fourth-order valence-corrected chi connectivity index (χ4v) is 8.35. The Morgan fingerprint density at radius 2 is 0.696 bits per heavy atom. The molecule has 0 nitrogen and oxygen atoms in total. The summed E-state index contributed by atoms with van der Waals surface area (Å²) >= 11 is 0. The Bertz CT molecular complexity index is 265. The molecule has 0 bridgehead atoms. The molecule has 0 heterocycles. The molecular weight excluding hydrogens is 368 g/mol. The maximum absolute atomic E-state index is 9.75. The lowest BCUT2D eigenvalue weighted by molar-refractivity contribution is 0.366. The van der Waals surface area contributed by atoms with Gasteiger partial charge in [-0.25, -0.2) is 0 Å². The Hall–Kier alpha value is 0.430. The van der Waals surface area contributed by atoms with E-state index in [1.54, 1.807) is 5.90 Å². The second kappa shape index (κ2) is 10.4. The summed E-state index contributed by atoms with van der Waals surface area (Å²) in [7, 11) is -12.3. The molecule has 0 spiro atoms. The van der Waals surface area contributed by atoms with E-state index in [1.807, 2.05) is 0 Å². The van der Waals surface area contributed by atoms with Gasteiger partial charge in [-0.3, -0.25) is 0 Å². The minimum atomic E-state index is -6.00. The van der Waals surface area contributed by atoms with Crippen LogP contribution in [0.25, 0.3) is 0 Å². The minimum Gasteiger partial charge on any atom is -0.418 e. The predicted molar refractivity (Wildman–Crippen MR) is 93.2 cm³/mol. The molecule has 0 aromatic heterocycles. The average Bonchev–Trinajstić information content (AvgIpc) is 2.08. The molecule has 0 amide bonds. The highest BCUT2D eigenvalue weighted by Crippen LogP contribution is 2.59. The lowest BCUT2D eigenvalue weighted by Crippen LogP contribution is -2.17. The molecular formula is C11H28B2F8P2. The van der Waals surface area contributed by atoms with Gasteiger partial charge >= 0.3 is 14.5 Å². The van der Waals surface area contributed by atoms with Crippen molar-refractivity contribution in [3.63, 3.8) is 0 Å². The third-order valence-electron chi connectivity index (χ3n) is 3.09. The second-order valence-electron chi connectivity index (χ2n) is 7.23. The molecule has 12 heteroatoms. The van der Waals surface area contributed by atoms with Crippen LogP contribution in [0.2, 0.25) is 0 Å². The Morgan fingerprint density at radius 1 is 0.565 bits per heavy atom. The van der Waals surface area contributed by atoms with Crippen LogP contribution in [-0.2, 0) is 0 Å². The standard InChI is InChI=1S/C11H26P2.2BF4/c1-10(2,3)12(7)9-13(8)11(4,5)6;2*2-1(3,4)5/h9H2,1-8H3;;/q;2*-1/p+2. The highest BCUT2D eigenvalue weighted by molar-refractivity contribution is 7.75. The van der Waals surface area contributed by atoms with Crippen LogP contribution in [-0.4, -0.2) is 44.1 Å². The van der Waals surface area contributed by atoms with Crippen molar-refractivity contribution in [1.82, 2.24) is 0 Å². The van der Waals surface area contributed by atoms with Crippen LogP contribution in [0.4, 0.5) is 34.5 Å². The first-order valence-electron chi connectivity index (χ1n) is 6.95. The van der Waals surface area contributed by atoms with Gasteiger partial charge in [0, 0.05) is 15.8 Å². The molecule has 0 aromatic rings. The molecule has 23 heavy (non-hydrogen) atoms. The summed E-state index contributed by atoms with van der Waals surface area (Å²) in [6, 6.07) is 0. The summed E-state index contributed by atoms with van der Waals surface area (Å²) in [5, 5.41) is 1.17. The molecule has 0 N–H and O–H groups in total. The van der Waals surface area contributed by atoms with Crippen molar-refractivity contribution in [3.05, 3.63) is 0 Å². The van der Waals surface area contributed by atoms with Crippen LogP contribution in [0.5, 0.6) is 0 Å². The van der Waals surface area contributed by atoms with Crippen molar-refractivity contribution in [2.45, 2.75) is 51.9 Å². The van der Waals surface area contributed by atoms with E-state index >= 15 is 0 Å². The summed E-state index contributed by atoms with van der Waals surface area (Å²) in [6.45, 7) is 19.4. The average molecular weight is 396 g/mol. The lowest BCUT2D eigenvalue weighted by atomic mass is 10.3. The van der Waals surface area contributed by atoms with E-state index in [0.29, 0.717) is 10.3 Å². The van der Waals surface area contributed by atoms with Crippen LogP contribution < -0.4 is 0 Å². The Balaban J connectivity index is -0.000000329. The maximum atomic E-state index is 9.75. The summed E-state index contributed by atoms with van der Waals surface area (Å²) in [5.74, 6) is 1.54. The maximum Gasteiger partial charge on any atom is 0.673 e. The minimum absolute atomic E-state index is 0.141. The molecule has 2 atom stereocenters. The van der Waals surface area contributed by atoms with E-state index in [-0.39, 0.29) is 15.8 Å². The monoisotopic (exact) mass is 396 g/mol. The summed E-state index contributed by atoms with van der Waals surface area (Å²) in [4.78, 5) is 0. The van der Waals surface area contributed by atoms with Crippen molar-refractivity contribution in [3.8, 4) is 0 Å². The van der Waals surface area contributed by atoms with E-state index < -0.39 is 14.5 Å². The van der Waals surface area contributed by atoms with Gasteiger partial charge in [-0.05, 0) is 41.5 Å². The van der Waals surface area contributed by atoms with Crippen molar-refractivity contribution in [2.75, 3.05) is 19.2 Å². The molecule has 2 unspecified atom stereocenters. The lowest BCUT2D eigenvalue weighted by Gasteiger charge is -2.25. The molecule has 0 saturated carbocycles. The van der Waals surface area contributed by atoms with E-state index in [4.69, 9.17) is 0 Å². The second-order valence-corrected chi connectivity index (χ2v) is 14.8. The van der Waals surface area contributed by atoms with Gasteiger partial charge in [-0.2, -0.15) is 0 Å². The van der Waals surface area contributed by atoms with Crippen molar-refractivity contribution in [1.29, 1.82) is 0 Å². The highest BCUT2D eigenvalue weighted by Gasteiger charge is 2.37. The molecule has 0 aromatic carbocycles. The van der Waals surface area contributed by atoms with Crippen molar-refractivity contribution in [2.24, 2.45) is 0 Å². The molecule has 144 valence electrons. The van der Waals surface area contributed by atoms with E-state index in [2.05, 4.69) is 54.9 Å². The zero-order valence-electron chi connectivity index (χ0n) is 14.9. The van der Waals surface area contributed by atoms with Gasteiger partial charge in [0.2, 0.25) is 0 Å². The van der Waals surface area contributed by atoms with Crippen LogP contribution in [0.15, 0.2) is 0 Å². The van der Waals surface area contributed by atoms with Crippen molar-refractivity contribution < 1.29 is 34.5 Å². The Morgan fingerprint density at radius 3 is 0.783 bits per heavy atom. The first-order chi connectivity index (χ1) is 9.55. The van der Waals surface area contributed by atoms with Gasteiger partial charge in [-0.15, -0.1) is 0 Å². The number of hydrogen-bond donors (Lipinski definition) is 0. The molecule has 0 aliphatic carbocycles. The van der Waals surface area contributed by atoms with Gasteiger partial charge < -0.3 is 34.5 Å². The third-order valence-corrected chi connectivity index (χ3v) is 12.5. The highest BCUT2D eigenvalue weighted by atomic mass is 31.2. The van der Waals surface area contributed by atoms with Crippen LogP contribution in [0.1, 0.15) is 41.5 Å². The fraction of sp³-hybridized carbons (Fsp3) is 1.00. The SMILES string of the molecule is C[PH+](C[PH+](C)C(C)(C)C)C(C)(C)C.F[B-](F)(F)F.F[B-](F)(F)F.